The van der Waals surface area contributed by atoms with Gasteiger partial charge in [0.05, 0.1) is 12.0 Å². The molecule has 0 spiro atoms. The molecule has 0 saturated heterocycles. The minimum Gasteiger partial charge on any atom is -0.480 e. The Labute approximate surface area is 197 Å². The minimum atomic E-state index is -1.15. The third-order valence-corrected chi connectivity index (χ3v) is 5.79. The van der Waals surface area contributed by atoms with Gasteiger partial charge in [-0.2, -0.15) is 0 Å². The molecule has 0 unspecified atom stereocenters. The van der Waals surface area contributed by atoms with Crippen LogP contribution in [0.3, 0.4) is 0 Å². The second-order valence-corrected chi connectivity index (χ2v) is 9.07. The van der Waals surface area contributed by atoms with E-state index in [1.165, 1.54) is 12.3 Å². The molecular formula is C26H26N2O6. The molecule has 0 fully saturated rings. The number of furan rings is 1. The number of carbonyl (C=O) groups is 3. The normalized spacial score (nSPS) is 12.6. The molecule has 1 aromatic heterocycles. The molecule has 1 aliphatic rings. The fourth-order valence-electron chi connectivity index (χ4n) is 4.19. The number of hydrogen-bond acceptors (Lipinski definition) is 5. The average Bonchev–Trinajstić information content (AvgIpc) is 3.37. The lowest BCUT2D eigenvalue weighted by Gasteiger charge is -2.33. The van der Waals surface area contributed by atoms with Gasteiger partial charge in [0.25, 0.3) is 5.91 Å². The van der Waals surface area contributed by atoms with Crippen molar-refractivity contribution in [3.8, 4) is 11.1 Å². The third-order valence-electron chi connectivity index (χ3n) is 5.79. The number of carboxylic acids is 1. The first-order valence-corrected chi connectivity index (χ1v) is 10.9. The third kappa shape index (κ3) is 4.52. The highest BCUT2D eigenvalue weighted by Gasteiger charge is 2.33. The number of carboxylic acid groups (broad SMARTS) is 1. The van der Waals surface area contributed by atoms with E-state index in [0.717, 1.165) is 27.2 Å². The molecule has 2 amide bonds. The Morgan fingerprint density at radius 1 is 1.00 bits per heavy atom. The molecule has 0 saturated carbocycles. The molecule has 8 heteroatoms. The maximum absolute atomic E-state index is 13.0. The van der Waals surface area contributed by atoms with Crippen molar-refractivity contribution in [2.45, 2.75) is 32.2 Å². The number of amides is 2. The zero-order valence-electron chi connectivity index (χ0n) is 19.2. The molecule has 176 valence electrons. The minimum absolute atomic E-state index is 0.101. The van der Waals surface area contributed by atoms with Gasteiger partial charge < -0.3 is 19.2 Å². The summed E-state index contributed by atoms with van der Waals surface area (Å²) in [6.07, 6.45) is 0.520. The van der Waals surface area contributed by atoms with Crippen LogP contribution in [0.25, 0.3) is 11.1 Å². The standard InChI is InChI=1S/C26H26N2O6/c1-26(2,3)28(14-22(29)30)24(31)23-21(12-13-33-23)27-25(32)34-15-20-18-10-6-4-8-16(18)17-9-5-7-11-19(17)20/h4-13,20H,14-15H2,1-3H3,(H,27,32)(H,29,30). The number of carbonyl (C=O) groups excluding carboxylic acids is 2. The van der Waals surface area contributed by atoms with Crippen LogP contribution < -0.4 is 5.32 Å². The van der Waals surface area contributed by atoms with Gasteiger partial charge in [-0.15, -0.1) is 0 Å². The molecule has 4 rings (SSSR count). The van der Waals surface area contributed by atoms with Crippen LogP contribution in [0, 0.1) is 0 Å². The highest BCUT2D eigenvalue weighted by atomic mass is 16.5. The lowest BCUT2D eigenvalue weighted by atomic mass is 9.98. The number of benzene rings is 2. The van der Waals surface area contributed by atoms with Crippen molar-refractivity contribution in [2.75, 3.05) is 18.5 Å². The highest BCUT2D eigenvalue weighted by Crippen LogP contribution is 2.44. The Bertz CT molecular complexity index is 1190. The molecule has 8 nitrogen and oxygen atoms in total. The van der Waals surface area contributed by atoms with E-state index in [4.69, 9.17) is 9.15 Å². The van der Waals surface area contributed by atoms with Crippen LogP contribution in [0.15, 0.2) is 65.3 Å². The van der Waals surface area contributed by atoms with E-state index in [0.29, 0.717) is 0 Å². The summed E-state index contributed by atoms with van der Waals surface area (Å²) in [6, 6.07) is 17.5. The van der Waals surface area contributed by atoms with Crippen LogP contribution in [-0.4, -0.2) is 46.7 Å². The van der Waals surface area contributed by atoms with Crippen molar-refractivity contribution < 1.29 is 28.6 Å². The number of nitrogens with one attached hydrogen (secondary N) is 1. The number of ether oxygens (including phenoxy) is 1. The van der Waals surface area contributed by atoms with Crippen molar-refractivity contribution in [1.82, 2.24) is 4.90 Å². The van der Waals surface area contributed by atoms with Crippen LogP contribution in [-0.2, 0) is 9.53 Å². The molecule has 2 N–H and O–H groups in total. The smallest absolute Gasteiger partial charge is 0.411 e. The molecular weight excluding hydrogens is 436 g/mol. The van der Waals surface area contributed by atoms with Crippen LogP contribution in [0.4, 0.5) is 10.5 Å². The van der Waals surface area contributed by atoms with E-state index in [-0.39, 0.29) is 24.0 Å². The van der Waals surface area contributed by atoms with Crippen molar-refractivity contribution >= 4 is 23.7 Å². The topological polar surface area (TPSA) is 109 Å². The van der Waals surface area contributed by atoms with Crippen LogP contribution >= 0.6 is 0 Å². The first kappa shape index (κ1) is 23.1. The molecule has 0 radical (unpaired) electrons. The van der Waals surface area contributed by atoms with Crippen molar-refractivity contribution in [3.05, 3.63) is 77.7 Å². The van der Waals surface area contributed by atoms with Gasteiger partial charge in [-0.25, -0.2) is 4.79 Å². The Kier molecular flexibility index (Phi) is 6.15. The number of rotatable bonds is 6. The zero-order valence-corrected chi connectivity index (χ0v) is 19.2. The molecule has 34 heavy (non-hydrogen) atoms. The number of fused-ring (bicyclic) bond motifs is 3. The van der Waals surface area contributed by atoms with Crippen molar-refractivity contribution in [3.63, 3.8) is 0 Å². The lowest BCUT2D eigenvalue weighted by Crippen LogP contribution is -2.48. The summed E-state index contributed by atoms with van der Waals surface area (Å²) in [5.41, 5.74) is 3.76. The monoisotopic (exact) mass is 462 g/mol. The molecule has 0 atom stereocenters. The van der Waals surface area contributed by atoms with E-state index in [2.05, 4.69) is 17.4 Å². The van der Waals surface area contributed by atoms with Gasteiger partial charge in [0.15, 0.2) is 0 Å². The van der Waals surface area contributed by atoms with E-state index >= 15 is 0 Å². The molecule has 2 aromatic carbocycles. The lowest BCUT2D eigenvalue weighted by molar-refractivity contribution is -0.138. The molecule has 1 aliphatic carbocycles. The second kappa shape index (κ2) is 9.05. The van der Waals surface area contributed by atoms with Crippen molar-refractivity contribution in [2.24, 2.45) is 0 Å². The summed E-state index contributed by atoms with van der Waals surface area (Å²) in [5, 5.41) is 11.8. The fourth-order valence-corrected chi connectivity index (χ4v) is 4.19. The van der Waals surface area contributed by atoms with E-state index < -0.39 is 30.1 Å². The molecule has 0 bridgehead atoms. The van der Waals surface area contributed by atoms with E-state index in [1.807, 2.05) is 36.4 Å². The Morgan fingerprint density at radius 3 is 2.15 bits per heavy atom. The predicted molar refractivity (Wildman–Crippen MR) is 126 cm³/mol. The fraction of sp³-hybridized carbons (Fsp3) is 0.269. The maximum atomic E-state index is 13.0. The zero-order chi connectivity index (χ0) is 24.5. The van der Waals surface area contributed by atoms with Crippen molar-refractivity contribution in [1.29, 1.82) is 0 Å². The van der Waals surface area contributed by atoms with E-state index in [1.54, 1.807) is 20.8 Å². The quantitative estimate of drug-likeness (QED) is 0.536. The Morgan fingerprint density at radius 2 is 1.59 bits per heavy atom. The number of nitrogens with zero attached hydrogens (tertiary/aromatic N) is 1. The number of anilines is 1. The summed E-state index contributed by atoms with van der Waals surface area (Å²) >= 11 is 0. The van der Waals surface area contributed by atoms with Gasteiger partial charge in [-0.3, -0.25) is 14.9 Å². The highest BCUT2D eigenvalue weighted by molar-refractivity contribution is 6.01. The van der Waals surface area contributed by atoms with Crippen LogP contribution in [0.5, 0.6) is 0 Å². The number of aliphatic carboxylic acids is 1. The van der Waals surface area contributed by atoms with Crippen LogP contribution in [0.1, 0.15) is 48.4 Å². The maximum Gasteiger partial charge on any atom is 0.411 e. The Balaban J connectivity index is 1.47. The van der Waals surface area contributed by atoms with Gasteiger partial charge in [-0.05, 0) is 43.0 Å². The summed E-state index contributed by atoms with van der Waals surface area (Å²) in [4.78, 5) is 38.1. The summed E-state index contributed by atoms with van der Waals surface area (Å²) in [6.45, 7) is 4.77. The predicted octanol–water partition coefficient (Wildman–Crippen LogP) is 4.97. The largest absolute Gasteiger partial charge is 0.480 e. The second-order valence-electron chi connectivity index (χ2n) is 9.07. The Hall–Kier alpha value is -4.07. The molecule has 3 aromatic rings. The van der Waals surface area contributed by atoms with Gasteiger partial charge in [-0.1, -0.05) is 48.5 Å². The average molecular weight is 463 g/mol. The summed E-state index contributed by atoms with van der Waals surface area (Å²) in [5.74, 6) is -2.06. The first-order chi connectivity index (χ1) is 16.2. The number of hydrogen-bond donors (Lipinski definition) is 2. The SMILES string of the molecule is CC(C)(C)N(CC(=O)O)C(=O)c1occc1NC(=O)OCC1c2ccccc2-c2ccccc21. The molecule has 0 aliphatic heterocycles. The summed E-state index contributed by atoms with van der Waals surface area (Å²) in [7, 11) is 0. The van der Waals surface area contributed by atoms with Gasteiger partial charge >= 0.3 is 12.1 Å². The van der Waals surface area contributed by atoms with Gasteiger partial charge in [0.2, 0.25) is 5.76 Å². The first-order valence-electron chi connectivity index (χ1n) is 10.9. The van der Waals surface area contributed by atoms with E-state index in [9.17, 15) is 19.5 Å². The van der Waals surface area contributed by atoms with Gasteiger partial charge in [0.1, 0.15) is 13.2 Å². The summed E-state index contributed by atoms with van der Waals surface area (Å²) < 4.78 is 10.8. The molecule has 1 heterocycles. The van der Waals surface area contributed by atoms with Crippen LogP contribution in [0.2, 0.25) is 0 Å². The van der Waals surface area contributed by atoms with Gasteiger partial charge in [0, 0.05) is 17.5 Å².